The van der Waals surface area contributed by atoms with Crippen LogP contribution in [0.3, 0.4) is 0 Å². The predicted molar refractivity (Wildman–Crippen MR) is 75.1 cm³/mol. The van der Waals surface area contributed by atoms with Gasteiger partial charge in [-0.15, -0.1) is 11.3 Å². The molecule has 1 aromatic rings. The highest BCUT2D eigenvalue weighted by Crippen LogP contribution is 2.58. The van der Waals surface area contributed by atoms with Gasteiger partial charge < -0.3 is 5.32 Å². The molecular weight excluding hydrogens is 282 g/mol. The lowest BCUT2D eigenvalue weighted by Crippen LogP contribution is -2.23. The van der Waals surface area contributed by atoms with Crippen molar-refractivity contribution in [2.45, 2.75) is 40.2 Å². The third-order valence-corrected chi connectivity index (χ3v) is 5.82. The molecule has 0 bridgehead atoms. The Morgan fingerprint density at radius 1 is 1.62 bits per heavy atom. The molecule has 0 radical (unpaired) electrons. The fraction of sp³-hybridized carbons (Fsp3) is 0.692. The Hall–Kier alpha value is 0.140. The maximum absolute atomic E-state index is 3.65. The second kappa shape index (κ2) is 4.43. The highest BCUT2D eigenvalue weighted by molar-refractivity contribution is 9.11. The zero-order chi connectivity index (χ0) is 11.9. The molecule has 1 heterocycles. The normalized spacial score (nSPS) is 24.4. The first-order valence-electron chi connectivity index (χ1n) is 5.95. The number of nitrogens with one attached hydrogen (secondary N) is 1. The van der Waals surface area contributed by atoms with Crippen LogP contribution >= 0.6 is 27.3 Å². The molecule has 0 saturated heterocycles. The van der Waals surface area contributed by atoms with E-state index in [9.17, 15) is 0 Å². The minimum atomic E-state index is 0.525. The molecule has 2 atom stereocenters. The van der Waals surface area contributed by atoms with E-state index < -0.39 is 0 Å². The SMILES string of the molecule is CCNC(c1cc(C)c(Br)s1)C1CC1(C)C. The van der Waals surface area contributed by atoms with Crippen molar-refractivity contribution in [1.29, 1.82) is 0 Å². The molecule has 1 N–H and O–H groups in total. The number of halogens is 1. The fourth-order valence-corrected chi connectivity index (χ4v) is 4.09. The molecule has 2 unspecified atom stereocenters. The molecule has 16 heavy (non-hydrogen) atoms. The zero-order valence-electron chi connectivity index (χ0n) is 10.4. The molecule has 0 aromatic carbocycles. The second-order valence-corrected chi connectivity index (χ2v) is 7.84. The van der Waals surface area contributed by atoms with Crippen LogP contribution in [0.1, 0.15) is 43.7 Å². The summed E-state index contributed by atoms with van der Waals surface area (Å²) >= 11 is 5.51. The van der Waals surface area contributed by atoms with Crippen molar-refractivity contribution in [1.82, 2.24) is 5.32 Å². The molecule has 1 nitrogen and oxygen atoms in total. The minimum Gasteiger partial charge on any atom is -0.309 e. The Balaban J connectivity index is 2.20. The number of thiophene rings is 1. The first-order chi connectivity index (χ1) is 7.45. The standard InChI is InChI=1S/C13H20BrNS/c1-5-15-11(9-7-13(9,3)4)10-6-8(2)12(14)16-10/h6,9,11,15H,5,7H2,1-4H3. The van der Waals surface area contributed by atoms with Crippen molar-refractivity contribution in [3.8, 4) is 0 Å². The number of hydrogen-bond acceptors (Lipinski definition) is 2. The van der Waals surface area contributed by atoms with Gasteiger partial charge in [-0.3, -0.25) is 0 Å². The number of rotatable bonds is 4. The monoisotopic (exact) mass is 301 g/mol. The summed E-state index contributed by atoms with van der Waals surface area (Å²) in [4.78, 5) is 1.49. The first kappa shape index (κ1) is 12.6. The maximum atomic E-state index is 3.65. The summed E-state index contributed by atoms with van der Waals surface area (Å²) in [7, 11) is 0. The van der Waals surface area contributed by atoms with Crippen molar-refractivity contribution in [3.05, 3.63) is 20.3 Å². The molecule has 0 spiro atoms. The maximum Gasteiger partial charge on any atom is 0.0731 e. The summed E-state index contributed by atoms with van der Waals surface area (Å²) in [5, 5.41) is 3.65. The van der Waals surface area contributed by atoms with E-state index in [4.69, 9.17) is 0 Å². The molecule has 1 saturated carbocycles. The first-order valence-corrected chi connectivity index (χ1v) is 7.56. The molecule has 1 aliphatic rings. The van der Waals surface area contributed by atoms with Crippen LogP contribution in [0.5, 0.6) is 0 Å². The van der Waals surface area contributed by atoms with Crippen LogP contribution < -0.4 is 5.32 Å². The van der Waals surface area contributed by atoms with E-state index in [1.165, 1.54) is 20.6 Å². The zero-order valence-corrected chi connectivity index (χ0v) is 12.8. The van der Waals surface area contributed by atoms with Gasteiger partial charge in [0.2, 0.25) is 0 Å². The largest absolute Gasteiger partial charge is 0.309 e. The molecule has 90 valence electrons. The number of aryl methyl sites for hydroxylation is 1. The third kappa shape index (κ3) is 2.36. The Bertz CT molecular complexity index is 364. The van der Waals surface area contributed by atoms with Gasteiger partial charge in [0, 0.05) is 10.9 Å². The Kier molecular flexibility index (Phi) is 3.49. The summed E-state index contributed by atoms with van der Waals surface area (Å²) in [5.41, 5.74) is 1.89. The molecular formula is C13H20BrNS. The van der Waals surface area contributed by atoms with Gasteiger partial charge in [0.15, 0.2) is 0 Å². The van der Waals surface area contributed by atoms with Gasteiger partial charge in [0.05, 0.1) is 3.79 Å². The van der Waals surface area contributed by atoms with Crippen LogP contribution in [0.15, 0.2) is 9.85 Å². The number of hydrogen-bond donors (Lipinski definition) is 1. The summed E-state index contributed by atoms with van der Waals surface area (Å²) in [6.07, 6.45) is 1.35. The van der Waals surface area contributed by atoms with Gasteiger partial charge >= 0.3 is 0 Å². The van der Waals surface area contributed by atoms with E-state index in [0.29, 0.717) is 11.5 Å². The van der Waals surface area contributed by atoms with Crippen LogP contribution in [0.25, 0.3) is 0 Å². The van der Waals surface area contributed by atoms with Crippen molar-refractivity contribution in [3.63, 3.8) is 0 Å². The average Bonchev–Trinajstić information content (AvgIpc) is 2.69. The summed E-state index contributed by atoms with van der Waals surface area (Å²) in [5.74, 6) is 0.803. The van der Waals surface area contributed by atoms with Crippen molar-refractivity contribution >= 4 is 27.3 Å². The molecule has 1 aromatic heterocycles. The van der Waals surface area contributed by atoms with Crippen LogP contribution in [0.2, 0.25) is 0 Å². The molecule has 1 fully saturated rings. The third-order valence-electron chi connectivity index (χ3n) is 3.60. The lowest BCUT2D eigenvalue weighted by atomic mass is 10.0. The average molecular weight is 302 g/mol. The summed E-state index contributed by atoms with van der Waals surface area (Å²) in [6.45, 7) is 10.2. The van der Waals surface area contributed by atoms with Gasteiger partial charge in [-0.2, -0.15) is 0 Å². The quantitative estimate of drug-likeness (QED) is 0.862. The molecule has 3 heteroatoms. The smallest absolute Gasteiger partial charge is 0.0731 e. The van der Waals surface area contributed by atoms with Gasteiger partial charge in [0.1, 0.15) is 0 Å². The molecule has 0 amide bonds. The summed E-state index contributed by atoms with van der Waals surface area (Å²) in [6, 6.07) is 2.88. The van der Waals surface area contributed by atoms with Crippen LogP contribution in [-0.4, -0.2) is 6.54 Å². The molecule has 2 rings (SSSR count). The van der Waals surface area contributed by atoms with Crippen molar-refractivity contribution in [2.75, 3.05) is 6.54 Å². The van der Waals surface area contributed by atoms with Gasteiger partial charge in [0.25, 0.3) is 0 Å². The highest BCUT2D eigenvalue weighted by atomic mass is 79.9. The fourth-order valence-electron chi connectivity index (χ4n) is 2.37. The molecule has 1 aliphatic carbocycles. The van der Waals surface area contributed by atoms with E-state index in [1.807, 2.05) is 11.3 Å². The lowest BCUT2D eigenvalue weighted by molar-refractivity contribution is 0.428. The van der Waals surface area contributed by atoms with Crippen molar-refractivity contribution < 1.29 is 0 Å². The Morgan fingerprint density at radius 2 is 2.25 bits per heavy atom. The second-order valence-electron chi connectivity index (χ2n) is 5.44. The van der Waals surface area contributed by atoms with Crippen LogP contribution in [0.4, 0.5) is 0 Å². The molecule has 0 aliphatic heterocycles. The van der Waals surface area contributed by atoms with Crippen molar-refractivity contribution in [2.24, 2.45) is 11.3 Å². The van der Waals surface area contributed by atoms with E-state index in [1.54, 1.807) is 0 Å². The Morgan fingerprint density at radius 3 is 2.62 bits per heavy atom. The summed E-state index contributed by atoms with van der Waals surface area (Å²) < 4.78 is 1.28. The van der Waals surface area contributed by atoms with Crippen LogP contribution in [-0.2, 0) is 0 Å². The van der Waals surface area contributed by atoms with Crippen LogP contribution in [0, 0.1) is 18.3 Å². The van der Waals surface area contributed by atoms with Gasteiger partial charge in [-0.25, -0.2) is 0 Å². The van der Waals surface area contributed by atoms with Gasteiger partial charge in [-0.05, 0) is 58.8 Å². The van der Waals surface area contributed by atoms with E-state index in [2.05, 4.69) is 55.0 Å². The highest BCUT2D eigenvalue weighted by Gasteiger charge is 2.50. The van der Waals surface area contributed by atoms with E-state index in [0.717, 1.165) is 12.5 Å². The lowest BCUT2D eigenvalue weighted by Gasteiger charge is -2.18. The van der Waals surface area contributed by atoms with E-state index in [-0.39, 0.29) is 0 Å². The minimum absolute atomic E-state index is 0.525. The topological polar surface area (TPSA) is 12.0 Å². The predicted octanol–water partition coefficient (Wildman–Crippen LogP) is 4.52. The van der Waals surface area contributed by atoms with E-state index >= 15 is 0 Å². The Labute approximate surface area is 111 Å². The van der Waals surface area contributed by atoms with Gasteiger partial charge in [-0.1, -0.05) is 20.8 Å².